The Bertz CT molecular complexity index is 167. The average molecular weight is 215 g/mol. The van der Waals surface area contributed by atoms with Gasteiger partial charge in [-0.25, -0.2) is 0 Å². The molecule has 14 heavy (non-hydrogen) atoms. The van der Waals surface area contributed by atoms with E-state index >= 15 is 0 Å². The normalized spacial score (nSPS) is 18.1. The Kier molecular flexibility index (Phi) is 6.08. The van der Waals surface area contributed by atoms with E-state index in [1.165, 1.54) is 32.1 Å². The van der Waals surface area contributed by atoms with Gasteiger partial charge < -0.3 is 5.32 Å². The van der Waals surface area contributed by atoms with Gasteiger partial charge in [-0.1, -0.05) is 32.1 Å². The molecule has 1 aliphatic carbocycles. The summed E-state index contributed by atoms with van der Waals surface area (Å²) in [5.41, 5.74) is 0. The molecule has 1 fully saturated rings. The van der Waals surface area contributed by atoms with Crippen molar-refractivity contribution in [3.8, 4) is 0 Å². The van der Waals surface area contributed by atoms with Gasteiger partial charge in [0.15, 0.2) is 0 Å². The summed E-state index contributed by atoms with van der Waals surface area (Å²) in [6.07, 6.45) is 8.57. The molecule has 1 saturated carbocycles. The fourth-order valence-corrected chi connectivity index (χ4v) is 2.21. The Morgan fingerprint density at radius 1 is 1.29 bits per heavy atom. The van der Waals surface area contributed by atoms with Gasteiger partial charge >= 0.3 is 0 Å². The van der Waals surface area contributed by atoms with Crippen LogP contribution >= 0.6 is 12.6 Å². The third kappa shape index (κ3) is 4.89. The Hall–Kier alpha value is -0.180. The molecule has 2 nitrogen and oxygen atoms in total. The highest BCUT2D eigenvalue weighted by Crippen LogP contribution is 2.26. The minimum atomic E-state index is 0.199. The van der Waals surface area contributed by atoms with E-state index in [0.717, 1.165) is 18.1 Å². The fraction of sp³-hybridized carbons (Fsp3) is 0.909. The number of amides is 1. The quantitative estimate of drug-likeness (QED) is 0.677. The van der Waals surface area contributed by atoms with Gasteiger partial charge in [0, 0.05) is 18.7 Å². The van der Waals surface area contributed by atoms with E-state index in [1.807, 2.05) is 0 Å². The molecule has 1 rings (SSSR count). The number of rotatable bonds is 5. The number of hydrogen-bond donors (Lipinski definition) is 2. The molecule has 3 heteroatoms. The molecule has 0 aliphatic heterocycles. The van der Waals surface area contributed by atoms with Crippen LogP contribution in [0.25, 0.3) is 0 Å². The van der Waals surface area contributed by atoms with E-state index < -0.39 is 0 Å². The predicted molar refractivity (Wildman–Crippen MR) is 62.7 cm³/mol. The Balaban J connectivity index is 2.03. The van der Waals surface area contributed by atoms with Gasteiger partial charge in [0.2, 0.25) is 5.91 Å². The summed E-state index contributed by atoms with van der Waals surface area (Å²) < 4.78 is 0. The monoisotopic (exact) mass is 215 g/mol. The van der Waals surface area contributed by atoms with E-state index in [9.17, 15) is 4.79 Å². The van der Waals surface area contributed by atoms with Crippen molar-refractivity contribution in [2.75, 3.05) is 12.3 Å². The molecule has 1 aliphatic rings. The second-order valence-electron chi connectivity index (χ2n) is 4.12. The molecule has 0 heterocycles. The largest absolute Gasteiger partial charge is 0.355 e. The van der Waals surface area contributed by atoms with Gasteiger partial charge in [0.1, 0.15) is 0 Å². The molecule has 0 aromatic carbocycles. The molecule has 0 spiro atoms. The summed E-state index contributed by atoms with van der Waals surface area (Å²) in [5.74, 6) is 1.74. The van der Waals surface area contributed by atoms with Crippen LogP contribution in [0, 0.1) is 5.92 Å². The van der Waals surface area contributed by atoms with Crippen LogP contribution in [0.5, 0.6) is 0 Å². The smallest absolute Gasteiger partial charge is 0.220 e. The van der Waals surface area contributed by atoms with Crippen molar-refractivity contribution in [2.45, 2.75) is 44.9 Å². The molecule has 0 saturated heterocycles. The summed E-state index contributed by atoms with van der Waals surface area (Å²) >= 11 is 4.05. The van der Waals surface area contributed by atoms with Crippen LogP contribution in [0.3, 0.4) is 0 Å². The van der Waals surface area contributed by atoms with Crippen molar-refractivity contribution < 1.29 is 4.79 Å². The minimum Gasteiger partial charge on any atom is -0.355 e. The van der Waals surface area contributed by atoms with Crippen LogP contribution in [0.1, 0.15) is 44.9 Å². The molecule has 0 radical (unpaired) electrons. The van der Waals surface area contributed by atoms with Gasteiger partial charge in [-0.2, -0.15) is 12.6 Å². The Labute approximate surface area is 92.2 Å². The Morgan fingerprint density at radius 2 is 2.00 bits per heavy atom. The molecular formula is C11H21NOS. The first kappa shape index (κ1) is 11.9. The molecule has 0 bridgehead atoms. The van der Waals surface area contributed by atoms with Gasteiger partial charge in [-0.3, -0.25) is 4.79 Å². The summed E-state index contributed by atoms with van der Waals surface area (Å²) in [5, 5.41) is 2.86. The first-order chi connectivity index (χ1) is 6.83. The zero-order valence-corrected chi connectivity index (χ0v) is 9.69. The van der Waals surface area contributed by atoms with E-state index in [2.05, 4.69) is 17.9 Å². The first-order valence-corrected chi connectivity index (χ1v) is 6.33. The maximum atomic E-state index is 11.3. The van der Waals surface area contributed by atoms with Gasteiger partial charge in [-0.15, -0.1) is 0 Å². The average Bonchev–Trinajstić information content (AvgIpc) is 2.25. The van der Waals surface area contributed by atoms with E-state index in [4.69, 9.17) is 0 Å². The van der Waals surface area contributed by atoms with Gasteiger partial charge in [0.05, 0.1) is 0 Å². The highest BCUT2D eigenvalue weighted by atomic mass is 32.1. The predicted octanol–water partition coefficient (Wildman–Crippen LogP) is 2.39. The molecule has 0 aromatic rings. The van der Waals surface area contributed by atoms with Crippen molar-refractivity contribution >= 4 is 18.5 Å². The van der Waals surface area contributed by atoms with Crippen molar-refractivity contribution in [1.29, 1.82) is 0 Å². The maximum Gasteiger partial charge on any atom is 0.220 e. The first-order valence-electron chi connectivity index (χ1n) is 5.70. The summed E-state index contributed by atoms with van der Waals surface area (Å²) in [4.78, 5) is 11.3. The molecule has 1 N–H and O–H groups in total. The minimum absolute atomic E-state index is 0.199. The standard InChI is InChI=1S/C11H21NOS/c13-11(12-8-9-14)7-6-10-4-2-1-3-5-10/h10,14H,1-9H2,(H,12,13). The summed E-state index contributed by atoms with van der Waals surface area (Å²) in [6, 6.07) is 0. The Morgan fingerprint density at radius 3 is 2.64 bits per heavy atom. The van der Waals surface area contributed by atoms with E-state index in [-0.39, 0.29) is 5.91 Å². The topological polar surface area (TPSA) is 29.1 Å². The second-order valence-corrected chi connectivity index (χ2v) is 4.56. The van der Waals surface area contributed by atoms with Crippen LogP contribution in [0.15, 0.2) is 0 Å². The van der Waals surface area contributed by atoms with Crippen molar-refractivity contribution in [3.05, 3.63) is 0 Å². The summed E-state index contributed by atoms with van der Waals surface area (Å²) in [6.45, 7) is 0.701. The molecule has 82 valence electrons. The molecular weight excluding hydrogens is 194 g/mol. The highest BCUT2D eigenvalue weighted by molar-refractivity contribution is 7.80. The molecule has 0 atom stereocenters. The third-order valence-electron chi connectivity index (χ3n) is 2.94. The second kappa shape index (κ2) is 7.16. The number of thiol groups is 1. The molecule has 0 unspecified atom stereocenters. The van der Waals surface area contributed by atoms with Crippen LogP contribution in [-0.2, 0) is 4.79 Å². The van der Waals surface area contributed by atoms with Gasteiger partial charge in [0.25, 0.3) is 0 Å². The number of carbonyl (C=O) groups is 1. The summed E-state index contributed by atoms with van der Waals surface area (Å²) in [7, 11) is 0. The fourth-order valence-electron chi connectivity index (χ4n) is 2.09. The lowest BCUT2D eigenvalue weighted by atomic mass is 9.86. The van der Waals surface area contributed by atoms with Crippen molar-refractivity contribution in [1.82, 2.24) is 5.32 Å². The van der Waals surface area contributed by atoms with Crippen molar-refractivity contribution in [3.63, 3.8) is 0 Å². The van der Waals surface area contributed by atoms with E-state index in [1.54, 1.807) is 0 Å². The SMILES string of the molecule is O=C(CCC1CCCCC1)NCCS. The lowest BCUT2D eigenvalue weighted by Gasteiger charge is -2.20. The molecule has 0 aromatic heterocycles. The third-order valence-corrected chi connectivity index (χ3v) is 3.16. The highest BCUT2D eigenvalue weighted by Gasteiger charge is 2.14. The lowest BCUT2D eigenvalue weighted by Crippen LogP contribution is -2.25. The molecule has 1 amide bonds. The zero-order chi connectivity index (χ0) is 10.2. The van der Waals surface area contributed by atoms with Crippen molar-refractivity contribution in [2.24, 2.45) is 5.92 Å². The maximum absolute atomic E-state index is 11.3. The van der Waals surface area contributed by atoms with Gasteiger partial charge in [-0.05, 0) is 12.3 Å². The number of nitrogens with one attached hydrogen (secondary N) is 1. The van der Waals surface area contributed by atoms with Crippen LogP contribution < -0.4 is 5.32 Å². The number of carbonyl (C=O) groups excluding carboxylic acids is 1. The van der Waals surface area contributed by atoms with E-state index in [0.29, 0.717) is 13.0 Å². The number of hydrogen-bond acceptors (Lipinski definition) is 2. The lowest BCUT2D eigenvalue weighted by molar-refractivity contribution is -0.121. The van der Waals surface area contributed by atoms with Crippen LogP contribution in [-0.4, -0.2) is 18.2 Å². The van der Waals surface area contributed by atoms with Crippen LogP contribution in [0.4, 0.5) is 0 Å². The zero-order valence-electron chi connectivity index (χ0n) is 8.80. The van der Waals surface area contributed by atoms with Crippen LogP contribution in [0.2, 0.25) is 0 Å².